The number of fused-ring (bicyclic) bond motifs is 1. The van der Waals surface area contributed by atoms with Crippen LogP contribution >= 0.6 is 0 Å². The van der Waals surface area contributed by atoms with E-state index < -0.39 is 0 Å². The van der Waals surface area contributed by atoms with Crippen molar-refractivity contribution in [3.8, 4) is 0 Å². The Morgan fingerprint density at radius 1 is 1.07 bits per heavy atom. The molecule has 14 heavy (non-hydrogen) atoms. The monoisotopic (exact) mass is 190 g/mol. The van der Waals surface area contributed by atoms with Gasteiger partial charge in [-0.3, -0.25) is 0 Å². The zero-order valence-electron chi connectivity index (χ0n) is 9.02. The van der Waals surface area contributed by atoms with Gasteiger partial charge in [0.25, 0.3) is 0 Å². The second-order valence-corrected chi connectivity index (χ2v) is 4.56. The molecule has 1 aromatic rings. The van der Waals surface area contributed by atoms with Gasteiger partial charge >= 0.3 is 0 Å². The highest BCUT2D eigenvalue weighted by Crippen LogP contribution is 2.40. The molecule has 0 bridgehead atoms. The van der Waals surface area contributed by atoms with Gasteiger partial charge in [-0.25, -0.2) is 0 Å². The normalized spacial score (nSPS) is 24.3. The smallest absolute Gasteiger partial charge is 0.0156 e. The third-order valence-electron chi connectivity index (χ3n) is 3.64. The molecule has 2 unspecified atom stereocenters. The van der Waals surface area contributed by atoms with Gasteiger partial charge in [0.1, 0.15) is 0 Å². The minimum Gasteiger partial charge on any atom is -0.0776 e. The number of hydrogen-bond acceptors (Lipinski definition) is 0. The molecule has 2 rings (SSSR count). The molecule has 0 aromatic heterocycles. The summed E-state index contributed by atoms with van der Waals surface area (Å²) in [5.74, 6) is 1.59. The van der Waals surface area contributed by atoms with Gasteiger partial charge in [0.05, 0.1) is 0 Å². The first-order valence-corrected chi connectivity index (χ1v) is 5.20. The van der Waals surface area contributed by atoms with E-state index in [4.69, 9.17) is 0 Å². The van der Waals surface area contributed by atoms with Crippen LogP contribution in [0.4, 0.5) is 0 Å². The molecular formula is C14H22. The van der Waals surface area contributed by atoms with Crippen molar-refractivity contribution in [1.82, 2.24) is 0 Å². The van der Waals surface area contributed by atoms with E-state index in [0.717, 1.165) is 11.8 Å². The summed E-state index contributed by atoms with van der Waals surface area (Å²) >= 11 is 0. The maximum Gasteiger partial charge on any atom is -0.0156 e. The summed E-state index contributed by atoms with van der Waals surface area (Å²) in [6.45, 7) is 9.21. The van der Waals surface area contributed by atoms with Crippen molar-refractivity contribution in [2.45, 2.75) is 47.5 Å². The Bertz CT molecular complexity index is 336. The zero-order chi connectivity index (χ0) is 9.59. The zero-order valence-corrected chi connectivity index (χ0v) is 9.02. The topological polar surface area (TPSA) is 0 Å². The van der Waals surface area contributed by atoms with Crippen LogP contribution in [0.2, 0.25) is 0 Å². The van der Waals surface area contributed by atoms with E-state index in [1.165, 1.54) is 17.5 Å². The van der Waals surface area contributed by atoms with Crippen LogP contribution in [0.15, 0.2) is 12.1 Å². The first kappa shape index (κ1) is 11.3. The summed E-state index contributed by atoms with van der Waals surface area (Å²) < 4.78 is 0. The van der Waals surface area contributed by atoms with Gasteiger partial charge in [0, 0.05) is 0 Å². The maximum atomic E-state index is 2.36. The minimum atomic E-state index is 0. The highest BCUT2D eigenvalue weighted by Gasteiger charge is 2.27. The Balaban J connectivity index is 0.000000980. The number of benzene rings is 1. The van der Waals surface area contributed by atoms with Crippen molar-refractivity contribution >= 4 is 0 Å². The van der Waals surface area contributed by atoms with Gasteiger partial charge in [0.15, 0.2) is 0 Å². The lowest BCUT2D eigenvalue weighted by Gasteiger charge is -2.12. The van der Waals surface area contributed by atoms with Crippen LogP contribution in [0, 0.1) is 19.8 Å². The van der Waals surface area contributed by atoms with E-state index >= 15 is 0 Å². The van der Waals surface area contributed by atoms with E-state index in [2.05, 4.69) is 39.8 Å². The molecule has 0 amide bonds. The second kappa shape index (κ2) is 3.76. The van der Waals surface area contributed by atoms with Crippen LogP contribution in [-0.4, -0.2) is 0 Å². The first-order chi connectivity index (χ1) is 6.11. The highest BCUT2D eigenvalue weighted by molar-refractivity contribution is 5.45. The molecule has 0 saturated heterocycles. The highest BCUT2D eigenvalue weighted by atomic mass is 14.3. The molecule has 1 aliphatic carbocycles. The summed E-state index contributed by atoms with van der Waals surface area (Å²) in [7, 11) is 0. The Kier molecular flexibility index (Phi) is 3.04. The quantitative estimate of drug-likeness (QED) is 0.574. The van der Waals surface area contributed by atoms with Crippen molar-refractivity contribution in [3.63, 3.8) is 0 Å². The molecule has 78 valence electrons. The molecule has 0 nitrogen and oxygen atoms in total. The summed E-state index contributed by atoms with van der Waals surface area (Å²) in [6, 6.07) is 4.53. The minimum absolute atomic E-state index is 0. The van der Waals surface area contributed by atoms with Gasteiger partial charge in [-0.15, -0.1) is 0 Å². The van der Waals surface area contributed by atoms with Crippen molar-refractivity contribution in [2.75, 3.05) is 0 Å². The Morgan fingerprint density at radius 2 is 1.64 bits per heavy atom. The van der Waals surface area contributed by atoms with Crippen LogP contribution in [0.5, 0.6) is 0 Å². The second-order valence-electron chi connectivity index (χ2n) is 4.56. The summed E-state index contributed by atoms with van der Waals surface area (Å²) in [5, 5.41) is 0. The maximum absolute atomic E-state index is 2.36. The Labute approximate surface area is 88.4 Å². The van der Waals surface area contributed by atoms with Gasteiger partial charge < -0.3 is 0 Å². The molecule has 2 atom stereocenters. The number of rotatable bonds is 0. The van der Waals surface area contributed by atoms with Crippen molar-refractivity contribution in [3.05, 3.63) is 34.4 Å². The molecular weight excluding hydrogens is 168 g/mol. The lowest BCUT2D eigenvalue weighted by atomic mass is 9.93. The molecule has 1 aliphatic rings. The van der Waals surface area contributed by atoms with E-state index in [9.17, 15) is 0 Å². The fourth-order valence-corrected chi connectivity index (χ4v) is 2.58. The van der Waals surface area contributed by atoms with Crippen LogP contribution in [0.25, 0.3) is 0 Å². The number of hydrogen-bond donors (Lipinski definition) is 0. The van der Waals surface area contributed by atoms with E-state index in [-0.39, 0.29) is 7.43 Å². The van der Waals surface area contributed by atoms with Gasteiger partial charge in [-0.2, -0.15) is 0 Å². The molecule has 0 N–H and O–H groups in total. The molecule has 0 radical (unpaired) electrons. The van der Waals surface area contributed by atoms with Crippen molar-refractivity contribution in [1.29, 1.82) is 0 Å². The van der Waals surface area contributed by atoms with E-state index in [1.54, 1.807) is 11.1 Å². The SMILES string of the molecule is C.Cc1ccc(C)c2c1CC(C)C2C. The van der Waals surface area contributed by atoms with Crippen molar-refractivity contribution < 1.29 is 0 Å². The summed E-state index contributed by atoms with van der Waals surface area (Å²) in [5.41, 5.74) is 6.22. The van der Waals surface area contributed by atoms with Crippen LogP contribution in [0.3, 0.4) is 0 Å². The molecule has 0 spiro atoms. The standard InChI is InChI=1S/C13H18.CH4/c1-8-5-6-9(2)13-11(4)10(3)7-12(8)13;/h5-6,10-11H,7H2,1-4H3;1H4. The van der Waals surface area contributed by atoms with Crippen LogP contribution in [0.1, 0.15) is 49.4 Å². The van der Waals surface area contributed by atoms with Crippen LogP contribution < -0.4 is 0 Å². The first-order valence-electron chi connectivity index (χ1n) is 5.20. The third kappa shape index (κ3) is 1.47. The Hall–Kier alpha value is -0.780. The lowest BCUT2D eigenvalue weighted by molar-refractivity contribution is 0.530. The van der Waals surface area contributed by atoms with E-state index in [0.29, 0.717) is 0 Å². The molecule has 0 aliphatic heterocycles. The largest absolute Gasteiger partial charge is 0.0776 e. The Morgan fingerprint density at radius 3 is 2.21 bits per heavy atom. The fraction of sp³-hybridized carbons (Fsp3) is 0.571. The third-order valence-corrected chi connectivity index (χ3v) is 3.64. The van der Waals surface area contributed by atoms with Crippen LogP contribution in [-0.2, 0) is 6.42 Å². The van der Waals surface area contributed by atoms with E-state index in [1.807, 2.05) is 0 Å². The summed E-state index contributed by atoms with van der Waals surface area (Å²) in [6.07, 6.45) is 1.28. The average Bonchev–Trinajstić information content (AvgIpc) is 2.38. The molecule has 1 aromatic carbocycles. The summed E-state index contributed by atoms with van der Waals surface area (Å²) in [4.78, 5) is 0. The molecule has 0 heterocycles. The van der Waals surface area contributed by atoms with Crippen molar-refractivity contribution in [2.24, 2.45) is 5.92 Å². The van der Waals surface area contributed by atoms with Gasteiger partial charge in [-0.05, 0) is 54.4 Å². The fourth-order valence-electron chi connectivity index (χ4n) is 2.58. The van der Waals surface area contributed by atoms with Gasteiger partial charge in [0.2, 0.25) is 0 Å². The molecule has 0 heteroatoms. The van der Waals surface area contributed by atoms with Gasteiger partial charge in [-0.1, -0.05) is 33.4 Å². The molecule has 0 fully saturated rings. The lowest BCUT2D eigenvalue weighted by Crippen LogP contribution is -1.98. The number of aryl methyl sites for hydroxylation is 2. The average molecular weight is 190 g/mol. The predicted molar refractivity (Wildman–Crippen MR) is 63.9 cm³/mol. The molecule has 0 saturated carbocycles. The predicted octanol–water partition coefficient (Wildman–Crippen LogP) is 4.24.